The quantitative estimate of drug-likeness (QED) is 0.479. The molecule has 0 bridgehead atoms. The fourth-order valence-electron chi connectivity index (χ4n) is 4.58. The third-order valence-electron chi connectivity index (χ3n) is 6.46. The van der Waals surface area contributed by atoms with Crippen molar-refractivity contribution in [2.24, 2.45) is 10.9 Å². The van der Waals surface area contributed by atoms with Gasteiger partial charge in [0, 0.05) is 50.3 Å². The van der Waals surface area contributed by atoms with Gasteiger partial charge >= 0.3 is 0 Å². The molecule has 1 amide bonds. The Hall–Kier alpha value is -2.93. The van der Waals surface area contributed by atoms with Gasteiger partial charge in [0.25, 0.3) is 0 Å². The largest absolute Gasteiger partial charge is 0.356 e. The van der Waals surface area contributed by atoms with E-state index in [1.54, 1.807) is 13.1 Å². The first-order valence-corrected chi connectivity index (χ1v) is 11.4. The van der Waals surface area contributed by atoms with Crippen molar-refractivity contribution in [3.8, 4) is 0 Å². The second-order valence-corrected chi connectivity index (χ2v) is 8.68. The van der Waals surface area contributed by atoms with Gasteiger partial charge in [0.1, 0.15) is 5.82 Å². The number of para-hydroxylation sites is 1. The number of aliphatic imine (C=N–C) groups is 1. The molecule has 32 heavy (non-hydrogen) atoms. The molecule has 2 heterocycles. The highest BCUT2D eigenvalue weighted by molar-refractivity contribution is 5.94. The number of piperidine rings is 1. The van der Waals surface area contributed by atoms with Gasteiger partial charge in [0.15, 0.2) is 5.96 Å². The topological polar surface area (TPSA) is 68.8 Å². The molecular weight excluding hydrogens is 405 g/mol. The Morgan fingerprint density at radius 3 is 2.59 bits per heavy atom. The minimum atomic E-state index is -0.121. The van der Waals surface area contributed by atoms with Crippen molar-refractivity contribution in [2.45, 2.75) is 31.7 Å². The van der Waals surface area contributed by atoms with Crippen LogP contribution in [-0.2, 0) is 11.3 Å². The maximum Gasteiger partial charge on any atom is 0.225 e. The zero-order valence-corrected chi connectivity index (χ0v) is 18.6. The molecular formula is C25H32FN5O. The lowest BCUT2D eigenvalue weighted by Gasteiger charge is -2.32. The summed E-state index contributed by atoms with van der Waals surface area (Å²) in [5, 5.41) is 9.79. The number of amides is 1. The van der Waals surface area contributed by atoms with Crippen LogP contribution in [0.25, 0.3) is 0 Å². The monoisotopic (exact) mass is 437 g/mol. The number of carbonyl (C=O) groups excluding carboxylic acids is 1. The number of likely N-dealkylation sites (tertiary alicyclic amines) is 1. The van der Waals surface area contributed by atoms with E-state index >= 15 is 0 Å². The maximum absolute atomic E-state index is 13.9. The number of guanidine groups is 1. The summed E-state index contributed by atoms with van der Waals surface area (Å²) in [4.78, 5) is 18.7. The number of anilines is 1. The number of hydrogen-bond acceptors (Lipinski definition) is 3. The third kappa shape index (κ3) is 5.65. The summed E-state index contributed by atoms with van der Waals surface area (Å²) in [5.74, 6) is 1.39. The number of halogens is 1. The van der Waals surface area contributed by atoms with Gasteiger partial charge in [0.2, 0.25) is 5.91 Å². The van der Waals surface area contributed by atoms with E-state index < -0.39 is 0 Å². The van der Waals surface area contributed by atoms with Crippen molar-refractivity contribution in [2.75, 3.05) is 38.5 Å². The lowest BCUT2D eigenvalue weighted by Crippen LogP contribution is -2.44. The lowest BCUT2D eigenvalue weighted by atomic mass is 9.90. The van der Waals surface area contributed by atoms with E-state index in [4.69, 9.17) is 0 Å². The number of rotatable bonds is 6. The van der Waals surface area contributed by atoms with Gasteiger partial charge in [0.05, 0.1) is 0 Å². The SMILES string of the molecule is CN=C(NCC1CCN(Cc2ccccc2F)CC1)NCC1CC(=O)Nc2ccccc21. The number of hydrogen-bond donors (Lipinski definition) is 3. The van der Waals surface area contributed by atoms with Crippen molar-refractivity contribution in [1.82, 2.24) is 15.5 Å². The molecule has 170 valence electrons. The van der Waals surface area contributed by atoms with Gasteiger partial charge in [-0.25, -0.2) is 4.39 Å². The molecule has 0 spiro atoms. The molecule has 7 heteroatoms. The van der Waals surface area contributed by atoms with Gasteiger partial charge in [-0.3, -0.25) is 14.7 Å². The Balaban J connectivity index is 1.21. The summed E-state index contributed by atoms with van der Waals surface area (Å²) in [6, 6.07) is 15.0. The summed E-state index contributed by atoms with van der Waals surface area (Å²) in [7, 11) is 1.77. The molecule has 0 radical (unpaired) electrons. The number of carbonyl (C=O) groups is 1. The van der Waals surface area contributed by atoms with Crippen LogP contribution >= 0.6 is 0 Å². The van der Waals surface area contributed by atoms with E-state index in [1.807, 2.05) is 30.3 Å². The van der Waals surface area contributed by atoms with Gasteiger partial charge in [-0.05, 0) is 49.5 Å². The first-order valence-electron chi connectivity index (χ1n) is 11.4. The van der Waals surface area contributed by atoms with Crippen LogP contribution in [0.4, 0.5) is 10.1 Å². The first kappa shape index (κ1) is 22.3. The Labute approximate surface area is 189 Å². The van der Waals surface area contributed by atoms with Crippen molar-refractivity contribution < 1.29 is 9.18 Å². The Morgan fingerprint density at radius 1 is 1.09 bits per heavy atom. The van der Waals surface area contributed by atoms with E-state index in [9.17, 15) is 9.18 Å². The highest BCUT2D eigenvalue weighted by Gasteiger charge is 2.25. The van der Waals surface area contributed by atoms with Gasteiger partial charge < -0.3 is 16.0 Å². The molecule has 1 unspecified atom stereocenters. The lowest BCUT2D eigenvalue weighted by molar-refractivity contribution is -0.116. The molecule has 2 aromatic carbocycles. The summed E-state index contributed by atoms with van der Waals surface area (Å²) < 4.78 is 13.9. The van der Waals surface area contributed by atoms with Crippen LogP contribution in [0, 0.1) is 11.7 Å². The molecule has 0 aromatic heterocycles. The van der Waals surface area contributed by atoms with Gasteiger partial charge in [-0.2, -0.15) is 0 Å². The highest BCUT2D eigenvalue weighted by atomic mass is 19.1. The second-order valence-electron chi connectivity index (χ2n) is 8.68. The van der Waals surface area contributed by atoms with Crippen LogP contribution in [0.5, 0.6) is 0 Å². The average Bonchev–Trinajstić information content (AvgIpc) is 2.81. The summed E-state index contributed by atoms with van der Waals surface area (Å²) in [6.07, 6.45) is 2.63. The molecule has 6 nitrogen and oxygen atoms in total. The molecule has 0 saturated carbocycles. The summed E-state index contributed by atoms with van der Waals surface area (Å²) in [6.45, 7) is 4.13. The van der Waals surface area contributed by atoms with Crippen LogP contribution in [-0.4, -0.2) is 50.0 Å². The van der Waals surface area contributed by atoms with Crippen LogP contribution in [0.15, 0.2) is 53.5 Å². The molecule has 2 aliphatic rings. The number of nitrogens with zero attached hydrogens (tertiary/aromatic N) is 2. The fourth-order valence-corrected chi connectivity index (χ4v) is 4.58. The molecule has 1 saturated heterocycles. The molecule has 0 aliphatic carbocycles. The minimum absolute atomic E-state index is 0.0561. The number of fused-ring (bicyclic) bond motifs is 1. The summed E-state index contributed by atoms with van der Waals surface area (Å²) >= 11 is 0. The van der Waals surface area contributed by atoms with Crippen LogP contribution in [0.2, 0.25) is 0 Å². The van der Waals surface area contributed by atoms with E-state index in [2.05, 4.69) is 31.9 Å². The van der Waals surface area contributed by atoms with Crippen molar-refractivity contribution in [3.63, 3.8) is 0 Å². The van der Waals surface area contributed by atoms with Crippen LogP contribution in [0.3, 0.4) is 0 Å². The minimum Gasteiger partial charge on any atom is -0.356 e. The van der Waals surface area contributed by atoms with Gasteiger partial charge in [-0.15, -0.1) is 0 Å². The average molecular weight is 438 g/mol. The zero-order chi connectivity index (χ0) is 22.3. The predicted molar refractivity (Wildman–Crippen MR) is 126 cm³/mol. The molecule has 2 aliphatic heterocycles. The van der Waals surface area contributed by atoms with E-state index in [1.165, 1.54) is 6.07 Å². The van der Waals surface area contributed by atoms with Gasteiger partial charge in [-0.1, -0.05) is 36.4 Å². The van der Waals surface area contributed by atoms with E-state index in [0.29, 0.717) is 25.4 Å². The van der Waals surface area contributed by atoms with E-state index in [0.717, 1.165) is 55.2 Å². The van der Waals surface area contributed by atoms with Crippen molar-refractivity contribution in [3.05, 3.63) is 65.5 Å². The third-order valence-corrected chi connectivity index (χ3v) is 6.46. The maximum atomic E-state index is 13.9. The summed E-state index contributed by atoms with van der Waals surface area (Å²) in [5.41, 5.74) is 2.84. The highest BCUT2D eigenvalue weighted by Crippen LogP contribution is 2.31. The molecule has 4 rings (SSSR count). The Bertz CT molecular complexity index is 955. The molecule has 1 fully saturated rings. The molecule has 2 aromatic rings. The van der Waals surface area contributed by atoms with E-state index in [-0.39, 0.29) is 17.6 Å². The standard InChI is InChI=1S/C25H32FN5O/c1-27-25(29-16-20-14-24(32)30-23-9-5-3-7-21(20)23)28-15-18-10-12-31(13-11-18)17-19-6-2-4-8-22(19)26/h2-9,18,20H,10-17H2,1H3,(H,30,32)(H2,27,28,29). The second kappa shape index (κ2) is 10.6. The van der Waals surface area contributed by atoms with Crippen LogP contribution < -0.4 is 16.0 Å². The molecule has 3 N–H and O–H groups in total. The van der Waals surface area contributed by atoms with Crippen LogP contribution in [0.1, 0.15) is 36.3 Å². The normalized spacial score (nSPS) is 19.9. The zero-order valence-electron chi connectivity index (χ0n) is 18.6. The Kier molecular flexibility index (Phi) is 7.37. The first-order chi connectivity index (χ1) is 15.6. The van der Waals surface area contributed by atoms with Crippen molar-refractivity contribution >= 4 is 17.6 Å². The Morgan fingerprint density at radius 2 is 1.81 bits per heavy atom. The smallest absolute Gasteiger partial charge is 0.225 e. The number of nitrogens with one attached hydrogen (secondary N) is 3. The predicted octanol–water partition coefficient (Wildman–Crippen LogP) is 3.33. The fraction of sp³-hybridized carbons (Fsp3) is 0.440. The number of benzene rings is 2. The molecule has 1 atom stereocenters. The van der Waals surface area contributed by atoms with Crippen molar-refractivity contribution in [1.29, 1.82) is 0 Å².